The second-order valence-electron chi connectivity index (χ2n) is 3.27. The van der Waals surface area contributed by atoms with Crippen LogP contribution in [-0.4, -0.2) is 27.1 Å². The molecule has 0 fully saturated rings. The van der Waals surface area contributed by atoms with E-state index in [4.69, 9.17) is 9.47 Å². The molecule has 0 spiro atoms. The number of ether oxygens (including phenoxy) is 2. The van der Waals surface area contributed by atoms with Crippen molar-refractivity contribution in [3.05, 3.63) is 34.1 Å². The predicted molar refractivity (Wildman–Crippen MR) is 63.6 cm³/mol. The summed E-state index contributed by atoms with van der Waals surface area (Å²) in [6, 6.07) is 4.62. The first-order valence-electron chi connectivity index (χ1n) is 4.87. The van der Waals surface area contributed by atoms with Gasteiger partial charge in [0.05, 0.1) is 0 Å². The van der Waals surface area contributed by atoms with Crippen molar-refractivity contribution >= 4 is 15.9 Å². The van der Waals surface area contributed by atoms with Crippen LogP contribution in [0.2, 0.25) is 0 Å². The summed E-state index contributed by atoms with van der Waals surface area (Å²) in [7, 11) is 3.17. The molecule has 1 N–H and O–H groups in total. The second-order valence-corrected chi connectivity index (χ2v) is 4.12. The van der Waals surface area contributed by atoms with E-state index in [0.717, 1.165) is 10.0 Å². The van der Waals surface area contributed by atoms with Crippen molar-refractivity contribution in [3.63, 3.8) is 0 Å². The van der Waals surface area contributed by atoms with Crippen LogP contribution in [0, 0.1) is 5.82 Å². The third kappa shape index (κ3) is 4.17. The van der Waals surface area contributed by atoms with Gasteiger partial charge in [0.15, 0.2) is 6.29 Å². The summed E-state index contributed by atoms with van der Waals surface area (Å²) in [5.41, 5.74) is 0.993. The summed E-state index contributed by atoms with van der Waals surface area (Å²) in [6.45, 7) is 1.21. The number of hydrogen-bond donors (Lipinski definition) is 1. The maximum absolute atomic E-state index is 12.8. The molecule has 3 nitrogen and oxygen atoms in total. The number of hydrogen-bond acceptors (Lipinski definition) is 3. The summed E-state index contributed by atoms with van der Waals surface area (Å²) in [5, 5.41) is 3.16. The minimum atomic E-state index is -0.265. The molecule has 0 saturated carbocycles. The van der Waals surface area contributed by atoms with Crippen molar-refractivity contribution < 1.29 is 13.9 Å². The van der Waals surface area contributed by atoms with E-state index < -0.39 is 0 Å². The van der Waals surface area contributed by atoms with E-state index in [-0.39, 0.29) is 12.1 Å². The zero-order chi connectivity index (χ0) is 12.0. The summed E-state index contributed by atoms with van der Waals surface area (Å²) < 4.78 is 23.6. The van der Waals surface area contributed by atoms with Gasteiger partial charge in [-0.1, -0.05) is 22.0 Å². The van der Waals surface area contributed by atoms with Crippen LogP contribution in [0.1, 0.15) is 5.56 Å². The molecular weight excluding hydrogens is 277 g/mol. The molecule has 0 amide bonds. The molecule has 0 radical (unpaired) electrons. The van der Waals surface area contributed by atoms with Gasteiger partial charge in [-0.25, -0.2) is 4.39 Å². The van der Waals surface area contributed by atoms with E-state index >= 15 is 0 Å². The smallest absolute Gasteiger partial charge is 0.169 e. The van der Waals surface area contributed by atoms with Crippen LogP contribution in [-0.2, 0) is 16.0 Å². The summed E-state index contributed by atoms with van der Waals surface area (Å²) in [6.07, 6.45) is -0.265. The molecule has 1 rings (SSSR count). The SMILES string of the molecule is COC(CNCc1ccc(F)cc1Br)OC. The molecule has 0 atom stereocenters. The van der Waals surface area contributed by atoms with Gasteiger partial charge in [-0.3, -0.25) is 0 Å². The average molecular weight is 292 g/mol. The third-order valence-electron chi connectivity index (χ3n) is 2.17. The first kappa shape index (κ1) is 13.6. The summed E-state index contributed by atoms with van der Waals surface area (Å²) in [5.74, 6) is -0.248. The molecular formula is C11H15BrFNO2. The fraction of sp³-hybridized carbons (Fsp3) is 0.455. The number of benzene rings is 1. The first-order valence-corrected chi connectivity index (χ1v) is 5.67. The quantitative estimate of drug-likeness (QED) is 0.816. The average Bonchev–Trinajstić information content (AvgIpc) is 2.27. The Labute approximate surface area is 103 Å². The highest BCUT2D eigenvalue weighted by molar-refractivity contribution is 9.10. The molecule has 0 aliphatic rings. The molecule has 16 heavy (non-hydrogen) atoms. The van der Waals surface area contributed by atoms with Gasteiger partial charge in [0.2, 0.25) is 0 Å². The highest BCUT2D eigenvalue weighted by atomic mass is 79.9. The van der Waals surface area contributed by atoms with Crippen molar-refractivity contribution in [2.24, 2.45) is 0 Å². The lowest BCUT2D eigenvalue weighted by Gasteiger charge is -2.14. The molecule has 0 bridgehead atoms. The lowest BCUT2D eigenvalue weighted by atomic mass is 10.2. The van der Waals surface area contributed by atoms with Crippen LogP contribution in [0.25, 0.3) is 0 Å². The van der Waals surface area contributed by atoms with Crippen LogP contribution in [0.3, 0.4) is 0 Å². The molecule has 1 aromatic carbocycles. The summed E-state index contributed by atoms with van der Waals surface area (Å²) in [4.78, 5) is 0. The van der Waals surface area contributed by atoms with Crippen molar-refractivity contribution in [2.75, 3.05) is 20.8 Å². The van der Waals surface area contributed by atoms with Gasteiger partial charge in [-0.2, -0.15) is 0 Å². The van der Waals surface area contributed by atoms with E-state index in [1.165, 1.54) is 12.1 Å². The molecule has 0 aliphatic carbocycles. The number of halogens is 2. The largest absolute Gasteiger partial charge is 0.355 e. The van der Waals surface area contributed by atoms with E-state index in [0.29, 0.717) is 13.1 Å². The predicted octanol–water partition coefficient (Wildman–Crippen LogP) is 2.30. The highest BCUT2D eigenvalue weighted by Crippen LogP contribution is 2.17. The van der Waals surface area contributed by atoms with Crippen LogP contribution < -0.4 is 5.32 Å². The molecule has 90 valence electrons. The van der Waals surface area contributed by atoms with Crippen molar-refractivity contribution in [3.8, 4) is 0 Å². The van der Waals surface area contributed by atoms with Gasteiger partial charge in [-0.05, 0) is 17.7 Å². The lowest BCUT2D eigenvalue weighted by molar-refractivity contribution is -0.0989. The van der Waals surface area contributed by atoms with E-state index in [1.54, 1.807) is 20.3 Å². The standard InChI is InChI=1S/C11H15BrFNO2/c1-15-11(16-2)7-14-6-8-3-4-9(13)5-10(8)12/h3-5,11,14H,6-7H2,1-2H3. The zero-order valence-corrected chi connectivity index (χ0v) is 10.9. The van der Waals surface area contributed by atoms with Gasteiger partial charge < -0.3 is 14.8 Å². The van der Waals surface area contributed by atoms with Gasteiger partial charge >= 0.3 is 0 Å². The van der Waals surface area contributed by atoms with Gasteiger partial charge in [-0.15, -0.1) is 0 Å². The van der Waals surface area contributed by atoms with Crippen molar-refractivity contribution in [2.45, 2.75) is 12.8 Å². The normalized spacial score (nSPS) is 11.1. The molecule has 5 heteroatoms. The fourth-order valence-corrected chi connectivity index (χ4v) is 1.74. The Morgan fingerprint density at radius 2 is 2.06 bits per heavy atom. The molecule has 0 saturated heterocycles. The highest BCUT2D eigenvalue weighted by Gasteiger charge is 2.05. The Morgan fingerprint density at radius 1 is 1.38 bits per heavy atom. The van der Waals surface area contributed by atoms with Gasteiger partial charge in [0.25, 0.3) is 0 Å². The molecule has 1 aromatic rings. The summed E-state index contributed by atoms with van der Waals surface area (Å²) >= 11 is 3.31. The number of methoxy groups -OCH3 is 2. The van der Waals surface area contributed by atoms with Gasteiger partial charge in [0, 0.05) is 31.8 Å². The first-order chi connectivity index (χ1) is 7.67. The van der Waals surface area contributed by atoms with Crippen LogP contribution in [0.15, 0.2) is 22.7 Å². The molecule has 0 aliphatic heterocycles. The maximum Gasteiger partial charge on any atom is 0.169 e. The third-order valence-corrected chi connectivity index (χ3v) is 2.91. The second kappa shape index (κ2) is 6.96. The minimum absolute atomic E-state index is 0.248. The Hall–Kier alpha value is -0.490. The maximum atomic E-state index is 12.8. The van der Waals surface area contributed by atoms with Gasteiger partial charge in [0.1, 0.15) is 5.82 Å². The van der Waals surface area contributed by atoms with Crippen LogP contribution in [0.4, 0.5) is 4.39 Å². The van der Waals surface area contributed by atoms with E-state index in [9.17, 15) is 4.39 Å². The molecule has 0 unspecified atom stereocenters. The Morgan fingerprint density at radius 3 is 2.62 bits per heavy atom. The molecule has 0 aromatic heterocycles. The van der Waals surface area contributed by atoms with E-state index in [2.05, 4.69) is 21.2 Å². The van der Waals surface area contributed by atoms with Crippen LogP contribution >= 0.6 is 15.9 Å². The fourth-order valence-electron chi connectivity index (χ4n) is 1.25. The number of rotatable bonds is 6. The Balaban J connectivity index is 2.42. The van der Waals surface area contributed by atoms with Crippen molar-refractivity contribution in [1.29, 1.82) is 0 Å². The Kier molecular flexibility index (Phi) is 5.90. The monoisotopic (exact) mass is 291 g/mol. The topological polar surface area (TPSA) is 30.5 Å². The van der Waals surface area contributed by atoms with Crippen molar-refractivity contribution in [1.82, 2.24) is 5.32 Å². The molecule has 0 heterocycles. The van der Waals surface area contributed by atoms with E-state index in [1.807, 2.05) is 0 Å². The lowest BCUT2D eigenvalue weighted by Crippen LogP contribution is -2.29. The number of nitrogens with one attached hydrogen (secondary N) is 1. The zero-order valence-electron chi connectivity index (χ0n) is 9.30. The van der Waals surface area contributed by atoms with Crippen LogP contribution in [0.5, 0.6) is 0 Å². The Bertz CT molecular complexity index is 332. The minimum Gasteiger partial charge on any atom is -0.355 e.